The number of phenols is 1. The third-order valence-electron chi connectivity index (χ3n) is 16.1. The number of aliphatic hydroxyl groups excluding tert-OH is 3. The smallest absolute Gasteiger partial charge is 0.329 e. The van der Waals surface area contributed by atoms with Crippen molar-refractivity contribution in [2.45, 2.75) is 225 Å². The molecule has 0 saturated carbocycles. The second-order valence-corrected chi connectivity index (χ2v) is 24.9. The Balaban J connectivity index is 1.80. The molecule has 28 heteroatoms. The lowest BCUT2D eigenvalue weighted by molar-refractivity contribution is -0.164. The Morgan fingerprint density at radius 2 is 1.17 bits per heavy atom. The highest BCUT2D eigenvalue weighted by Gasteiger charge is 2.44. The summed E-state index contributed by atoms with van der Waals surface area (Å²) < 4.78 is 6.06. The largest absolute Gasteiger partial charge is 0.508 e. The molecule has 0 aliphatic carbocycles. The fourth-order valence-corrected chi connectivity index (χ4v) is 11.0. The zero-order valence-electron chi connectivity index (χ0n) is 52.8. The monoisotopic (exact) mass is 1260 g/mol. The molecule has 13 atom stereocenters. The highest BCUT2D eigenvalue weighted by atomic mass is 16.5. The SMILES string of the molecule is CCCCCC(O)CC1OC(=O)[C@@H]2CCCN2C(=O)[C@H](CC(C)C)NC(=O)[C@H]([C@@H](C)O)NC(=O)[C@H](CC(C)C)NC(=O)[C@H](CO)NC(=O)[C@H](Cc2ccc(O)cc2)NC(=O)[C@H](C(C)C)NC(=O)[C@@H]2CCCN2C(=O)CNC(=O)[C@@H](CCC(N)=O)NC(=O)C1C. The number of aromatic hydroxyl groups is 1. The number of carbonyl (C=O) groups is 12. The number of amides is 11. The molecule has 3 unspecified atom stereocenters. The van der Waals surface area contributed by atoms with Gasteiger partial charge in [0.15, 0.2) is 0 Å². The summed E-state index contributed by atoms with van der Waals surface area (Å²) >= 11 is 0. The molecule has 1 aromatic carbocycles. The van der Waals surface area contributed by atoms with E-state index in [1.807, 2.05) is 6.92 Å². The molecule has 3 fully saturated rings. The highest BCUT2D eigenvalue weighted by molar-refractivity contribution is 5.99. The van der Waals surface area contributed by atoms with E-state index in [0.717, 1.165) is 12.8 Å². The lowest BCUT2D eigenvalue weighted by atomic mass is 9.95. The van der Waals surface area contributed by atoms with Crippen LogP contribution in [0.2, 0.25) is 0 Å². The lowest BCUT2D eigenvalue weighted by Crippen LogP contribution is -2.62. The van der Waals surface area contributed by atoms with Crippen LogP contribution in [0, 0.1) is 23.7 Å². The zero-order valence-corrected chi connectivity index (χ0v) is 52.8. The third kappa shape index (κ3) is 22.8. The maximum Gasteiger partial charge on any atom is 0.329 e. The number of primary amides is 1. The van der Waals surface area contributed by atoms with Gasteiger partial charge in [-0.05, 0) is 93.7 Å². The number of hydrogen-bond donors (Lipinski definition) is 13. The summed E-state index contributed by atoms with van der Waals surface area (Å²) in [4.78, 5) is 171. The topological polar surface area (TPSA) is 424 Å². The maximum atomic E-state index is 14.7. The van der Waals surface area contributed by atoms with Gasteiger partial charge in [0.05, 0.1) is 31.3 Å². The molecule has 3 heterocycles. The molecule has 28 nitrogen and oxygen atoms in total. The number of nitrogens with two attached hydrogens (primary N) is 1. The van der Waals surface area contributed by atoms with E-state index >= 15 is 0 Å². The van der Waals surface area contributed by atoms with Crippen molar-refractivity contribution in [2.24, 2.45) is 29.4 Å². The van der Waals surface area contributed by atoms with Crippen LogP contribution >= 0.6 is 0 Å². The number of carbonyl (C=O) groups excluding carboxylic acids is 12. The van der Waals surface area contributed by atoms with Gasteiger partial charge in [0, 0.05) is 32.4 Å². The molecule has 11 amide bonds. The summed E-state index contributed by atoms with van der Waals surface area (Å²) in [5.74, 6) is -13.2. The van der Waals surface area contributed by atoms with Crippen LogP contribution in [0.3, 0.4) is 0 Å². The zero-order chi connectivity index (χ0) is 66.4. The third-order valence-corrected chi connectivity index (χ3v) is 16.1. The van der Waals surface area contributed by atoms with Crippen molar-refractivity contribution in [1.29, 1.82) is 0 Å². The first-order valence-electron chi connectivity index (χ1n) is 31.2. The van der Waals surface area contributed by atoms with Gasteiger partial charge >= 0.3 is 5.97 Å². The molecule has 3 saturated heterocycles. The van der Waals surface area contributed by atoms with Crippen LogP contribution in [0.15, 0.2) is 24.3 Å². The van der Waals surface area contributed by atoms with E-state index in [4.69, 9.17) is 10.5 Å². The second kappa shape index (κ2) is 35.7. The number of esters is 1. The molecule has 498 valence electrons. The fourth-order valence-electron chi connectivity index (χ4n) is 11.0. The molecule has 0 radical (unpaired) electrons. The summed E-state index contributed by atoms with van der Waals surface area (Å²) in [6, 6.07) is -7.43. The molecule has 0 aromatic heterocycles. The molecule has 0 bridgehead atoms. The Morgan fingerprint density at radius 3 is 1.76 bits per heavy atom. The minimum atomic E-state index is -1.76. The van der Waals surface area contributed by atoms with Gasteiger partial charge in [0.25, 0.3) is 0 Å². The van der Waals surface area contributed by atoms with Crippen molar-refractivity contribution in [3.8, 4) is 5.75 Å². The van der Waals surface area contributed by atoms with Gasteiger partial charge in [-0.1, -0.05) is 86.8 Å². The number of fused-ring (bicyclic) bond motifs is 2. The molecule has 3 aliphatic heterocycles. The number of nitrogens with zero attached hydrogens (tertiary/aromatic N) is 2. The predicted molar refractivity (Wildman–Crippen MR) is 323 cm³/mol. The van der Waals surface area contributed by atoms with Crippen LogP contribution in [0.5, 0.6) is 5.75 Å². The Labute approximate surface area is 520 Å². The molecule has 14 N–H and O–H groups in total. The van der Waals surface area contributed by atoms with E-state index in [-0.39, 0.29) is 82.0 Å². The molecule has 1 aromatic rings. The van der Waals surface area contributed by atoms with Crippen molar-refractivity contribution in [3.05, 3.63) is 29.8 Å². The summed E-state index contributed by atoms with van der Waals surface area (Å²) in [6.45, 7) is 13.2. The summed E-state index contributed by atoms with van der Waals surface area (Å²) in [5, 5.41) is 63.4. The average molecular weight is 1260 g/mol. The van der Waals surface area contributed by atoms with E-state index in [1.54, 1.807) is 41.5 Å². The molecule has 4 rings (SSSR count). The number of unbranched alkanes of at least 4 members (excludes halogenated alkanes) is 2. The number of benzene rings is 1. The predicted octanol–water partition coefficient (Wildman–Crippen LogP) is -1.29. The van der Waals surface area contributed by atoms with E-state index < -0.39 is 175 Å². The highest BCUT2D eigenvalue weighted by Crippen LogP contribution is 2.26. The van der Waals surface area contributed by atoms with E-state index in [9.17, 15) is 78.0 Å². The summed E-state index contributed by atoms with van der Waals surface area (Å²) in [5.41, 5.74) is 5.89. The first kappa shape index (κ1) is 74.0. The number of nitrogens with one attached hydrogen (secondary N) is 8. The first-order valence-corrected chi connectivity index (χ1v) is 31.2. The van der Waals surface area contributed by atoms with Gasteiger partial charge in [0.2, 0.25) is 65.0 Å². The normalized spacial score (nSPS) is 27.4. The first-order chi connectivity index (χ1) is 42.0. The van der Waals surface area contributed by atoms with E-state index in [0.29, 0.717) is 24.8 Å². The van der Waals surface area contributed by atoms with Crippen LogP contribution < -0.4 is 48.3 Å². The van der Waals surface area contributed by atoms with Crippen molar-refractivity contribution in [3.63, 3.8) is 0 Å². The molecular formula is C61H97N11O17. The molecule has 3 aliphatic rings. The summed E-state index contributed by atoms with van der Waals surface area (Å²) in [7, 11) is 0. The Hall–Kier alpha value is -7.46. The Bertz CT molecular complexity index is 2620. The van der Waals surface area contributed by atoms with Gasteiger partial charge in [-0.3, -0.25) is 52.7 Å². The number of rotatable bonds is 18. The quantitative estimate of drug-likeness (QED) is 0.0600. The maximum absolute atomic E-state index is 14.7. The van der Waals surface area contributed by atoms with Crippen LogP contribution in [-0.2, 0) is 68.7 Å². The Kier molecular flexibility index (Phi) is 29.7. The van der Waals surface area contributed by atoms with Crippen molar-refractivity contribution in [1.82, 2.24) is 52.3 Å². The second-order valence-electron chi connectivity index (χ2n) is 24.9. The van der Waals surface area contributed by atoms with E-state index in [2.05, 4.69) is 42.5 Å². The van der Waals surface area contributed by atoms with E-state index in [1.165, 1.54) is 47.9 Å². The van der Waals surface area contributed by atoms with Gasteiger partial charge in [0.1, 0.15) is 66.2 Å². The van der Waals surface area contributed by atoms with Crippen LogP contribution in [0.1, 0.15) is 151 Å². The van der Waals surface area contributed by atoms with Gasteiger partial charge in [-0.15, -0.1) is 0 Å². The lowest BCUT2D eigenvalue weighted by Gasteiger charge is -2.33. The number of hydrogen-bond acceptors (Lipinski definition) is 17. The van der Waals surface area contributed by atoms with Crippen molar-refractivity contribution < 1.29 is 82.7 Å². The Morgan fingerprint density at radius 1 is 0.629 bits per heavy atom. The number of ether oxygens (including phenoxy) is 1. The molecule has 89 heavy (non-hydrogen) atoms. The van der Waals surface area contributed by atoms with Crippen LogP contribution in [0.4, 0.5) is 0 Å². The standard InChI is InChI=1S/C61H97N11O17/c1-10-11-12-15-39(76)29-47-35(8)52(79)64-40(22-23-48(62)77)53(80)63-30-49(78)71-24-13-16-45(71)57(84)69-50(34(6)7)58(85)66-42(28-37-18-20-38(75)21-19-37)54(81)68-44(31-73)56(83)65-41(26-32(2)3)55(82)70-51(36(9)74)59(86)67-43(27-33(4)5)60(87)72-25-14-17-46(72)61(88)89-47/h18-21,32-36,39-47,50-51,73-76H,10-17,22-31H2,1-9H3,(H2,62,77)(H,63,80)(H,64,79)(H,65,83)(H,66,85)(H,67,86)(H,68,81)(H,69,84)(H,70,82)/t35?,36-,39?,40-,41+,42+,43+,44+,45+,46+,47?,50+,51+/m1/s1. The number of phenolic OH excluding ortho intramolecular Hbond substituents is 1. The van der Waals surface area contributed by atoms with Gasteiger partial charge < -0.3 is 83.2 Å². The van der Waals surface area contributed by atoms with Gasteiger partial charge in [-0.25, -0.2) is 4.79 Å². The number of aliphatic hydroxyl groups is 3. The minimum Gasteiger partial charge on any atom is -0.508 e. The van der Waals surface area contributed by atoms with Crippen molar-refractivity contribution in [2.75, 3.05) is 26.2 Å². The van der Waals surface area contributed by atoms with Crippen molar-refractivity contribution >= 4 is 70.9 Å². The molecule has 0 spiro atoms. The minimum absolute atomic E-state index is 0.0131. The van der Waals surface area contributed by atoms with Crippen LogP contribution in [0.25, 0.3) is 0 Å². The van der Waals surface area contributed by atoms with Crippen LogP contribution in [-0.4, -0.2) is 200 Å². The molecular weight excluding hydrogens is 1160 g/mol. The number of cyclic esters (lactones) is 1. The summed E-state index contributed by atoms with van der Waals surface area (Å²) in [6.07, 6.45) is -1.94. The fraction of sp³-hybridized carbons (Fsp3) is 0.705. The average Bonchev–Trinajstić information content (AvgIpc) is 3.90. The van der Waals surface area contributed by atoms with Gasteiger partial charge in [-0.2, -0.15) is 0 Å².